The Bertz CT molecular complexity index is 558. The molecule has 0 unspecified atom stereocenters. The van der Waals surface area contributed by atoms with Crippen LogP contribution in [-0.4, -0.2) is 11.8 Å². The molecule has 0 atom stereocenters. The number of anilines is 2. The van der Waals surface area contributed by atoms with Crippen molar-refractivity contribution in [2.75, 3.05) is 10.6 Å². The Labute approximate surface area is 125 Å². The first-order chi connectivity index (χ1) is 10.1. The molecule has 2 amide bonds. The Balaban J connectivity index is 1.69. The second-order valence-electron chi connectivity index (χ2n) is 6.21. The molecule has 0 radical (unpaired) electrons. The van der Waals surface area contributed by atoms with Gasteiger partial charge in [0.1, 0.15) is 0 Å². The number of amides is 2. The van der Waals surface area contributed by atoms with Gasteiger partial charge in [0.25, 0.3) is 0 Å². The normalized spacial score (nSPS) is 18.5. The van der Waals surface area contributed by atoms with Gasteiger partial charge in [-0.2, -0.15) is 0 Å². The third-order valence-corrected chi connectivity index (χ3v) is 4.52. The summed E-state index contributed by atoms with van der Waals surface area (Å²) in [6.45, 7) is 1.94. The second-order valence-corrected chi connectivity index (χ2v) is 6.21. The fourth-order valence-corrected chi connectivity index (χ4v) is 2.91. The minimum atomic E-state index is 0.0948. The monoisotopic (exact) mass is 286 g/mol. The van der Waals surface area contributed by atoms with Gasteiger partial charge in [0.2, 0.25) is 11.8 Å². The van der Waals surface area contributed by atoms with E-state index in [0.717, 1.165) is 55.5 Å². The predicted molar refractivity (Wildman–Crippen MR) is 83.1 cm³/mol. The minimum absolute atomic E-state index is 0.0948. The van der Waals surface area contributed by atoms with Crippen LogP contribution in [0.5, 0.6) is 0 Å². The van der Waals surface area contributed by atoms with Crippen molar-refractivity contribution in [3.05, 3.63) is 23.8 Å². The van der Waals surface area contributed by atoms with Gasteiger partial charge < -0.3 is 10.6 Å². The lowest BCUT2D eigenvalue weighted by molar-refractivity contribution is -0.119. The van der Waals surface area contributed by atoms with E-state index in [1.165, 1.54) is 0 Å². The van der Waals surface area contributed by atoms with E-state index in [2.05, 4.69) is 10.6 Å². The van der Waals surface area contributed by atoms with Gasteiger partial charge in [0, 0.05) is 23.2 Å². The zero-order valence-electron chi connectivity index (χ0n) is 12.4. The molecule has 0 bridgehead atoms. The first kappa shape index (κ1) is 14.1. The van der Waals surface area contributed by atoms with E-state index in [4.69, 9.17) is 0 Å². The van der Waals surface area contributed by atoms with Crippen molar-refractivity contribution >= 4 is 23.2 Å². The van der Waals surface area contributed by atoms with Gasteiger partial charge in [-0.3, -0.25) is 9.59 Å². The molecule has 2 N–H and O–H groups in total. The summed E-state index contributed by atoms with van der Waals surface area (Å²) in [4.78, 5) is 24.1. The molecular formula is C17H22N2O2. The summed E-state index contributed by atoms with van der Waals surface area (Å²) < 4.78 is 0. The number of hydrogen-bond acceptors (Lipinski definition) is 2. The van der Waals surface area contributed by atoms with E-state index in [1.54, 1.807) is 0 Å². The van der Waals surface area contributed by atoms with Crippen LogP contribution in [0.4, 0.5) is 11.4 Å². The molecule has 112 valence electrons. The third kappa shape index (κ3) is 3.26. The van der Waals surface area contributed by atoms with Crippen LogP contribution in [0, 0.1) is 18.8 Å². The molecule has 0 heterocycles. The number of rotatable bonds is 4. The lowest BCUT2D eigenvalue weighted by Gasteiger charge is -2.15. The summed E-state index contributed by atoms with van der Waals surface area (Å²) in [6.07, 6.45) is 6.25. The summed E-state index contributed by atoms with van der Waals surface area (Å²) in [5.74, 6) is 0.536. The van der Waals surface area contributed by atoms with Crippen LogP contribution in [0.3, 0.4) is 0 Å². The molecule has 4 nitrogen and oxygen atoms in total. The lowest BCUT2D eigenvalue weighted by atomic mass is 10.1. The second kappa shape index (κ2) is 5.88. The Morgan fingerprint density at radius 3 is 1.86 bits per heavy atom. The van der Waals surface area contributed by atoms with Crippen molar-refractivity contribution < 1.29 is 9.59 Å². The maximum atomic E-state index is 12.2. The molecule has 2 aliphatic carbocycles. The van der Waals surface area contributed by atoms with Crippen LogP contribution in [-0.2, 0) is 9.59 Å². The zero-order valence-corrected chi connectivity index (χ0v) is 12.4. The average Bonchev–Trinajstić information content (AvgIpc) is 3.18. The highest BCUT2D eigenvalue weighted by molar-refractivity contribution is 5.98. The molecule has 0 aromatic heterocycles. The molecule has 3 rings (SSSR count). The van der Waals surface area contributed by atoms with Gasteiger partial charge in [-0.05, 0) is 50.3 Å². The van der Waals surface area contributed by atoms with E-state index in [0.29, 0.717) is 0 Å². The van der Waals surface area contributed by atoms with E-state index in [9.17, 15) is 9.59 Å². The number of carbonyl (C=O) groups is 2. The highest BCUT2D eigenvalue weighted by Gasteiger charge is 2.30. The molecule has 1 aromatic rings. The number of carbonyl (C=O) groups excluding carboxylic acids is 2. The molecule has 2 saturated carbocycles. The molecule has 0 saturated heterocycles. The van der Waals surface area contributed by atoms with Gasteiger partial charge in [-0.1, -0.05) is 18.9 Å². The van der Waals surface area contributed by atoms with Crippen molar-refractivity contribution in [1.82, 2.24) is 0 Å². The van der Waals surface area contributed by atoms with Gasteiger partial charge >= 0.3 is 0 Å². The Morgan fingerprint density at radius 1 is 0.905 bits per heavy atom. The SMILES string of the molecule is Cc1c(NC(=O)C2CCCC2)cccc1NC(=O)C1CC1. The summed E-state index contributed by atoms with van der Waals surface area (Å²) in [5.41, 5.74) is 2.54. The van der Waals surface area contributed by atoms with Crippen molar-refractivity contribution in [1.29, 1.82) is 0 Å². The molecular weight excluding hydrogens is 264 g/mol. The van der Waals surface area contributed by atoms with Gasteiger partial charge in [0.05, 0.1) is 0 Å². The van der Waals surface area contributed by atoms with Crippen molar-refractivity contribution in [3.8, 4) is 0 Å². The molecule has 1 aromatic carbocycles. The molecule has 2 fully saturated rings. The van der Waals surface area contributed by atoms with Crippen LogP contribution in [0.2, 0.25) is 0 Å². The number of nitrogens with one attached hydrogen (secondary N) is 2. The zero-order chi connectivity index (χ0) is 14.8. The van der Waals surface area contributed by atoms with Gasteiger partial charge in [-0.15, -0.1) is 0 Å². The quantitative estimate of drug-likeness (QED) is 0.890. The van der Waals surface area contributed by atoms with Crippen LogP contribution < -0.4 is 10.6 Å². The number of hydrogen-bond donors (Lipinski definition) is 2. The van der Waals surface area contributed by atoms with Crippen molar-refractivity contribution in [2.24, 2.45) is 11.8 Å². The molecule has 0 aliphatic heterocycles. The average molecular weight is 286 g/mol. The Hall–Kier alpha value is -1.84. The van der Waals surface area contributed by atoms with Gasteiger partial charge in [0.15, 0.2) is 0 Å². The first-order valence-corrected chi connectivity index (χ1v) is 7.86. The summed E-state index contributed by atoms with van der Waals surface area (Å²) in [5, 5.41) is 5.99. The maximum Gasteiger partial charge on any atom is 0.227 e. The van der Waals surface area contributed by atoms with Crippen LogP contribution in [0.15, 0.2) is 18.2 Å². The van der Waals surface area contributed by atoms with Crippen LogP contribution in [0.25, 0.3) is 0 Å². The predicted octanol–water partition coefficient (Wildman–Crippen LogP) is 3.47. The van der Waals surface area contributed by atoms with Crippen molar-refractivity contribution in [2.45, 2.75) is 45.4 Å². The highest BCUT2D eigenvalue weighted by Crippen LogP contribution is 2.32. The topological polar surface area (TPSA) is 58.2 Å². The van der Waals surface area contributed by atoms with Crippen molar-refractivity contribution in [3.63, 3.8) is 0 Å². The van der Waals surface area contributed by atoms with E-state index in [-0.39, 0.29) is 23.7 Å². The highest BCUT2D eigenvalue weighted by atomic mass is 16.2. The van der Waals surface area contributed by atoms with Crippen LogP contribution in [0.1, 0.15) is 44.1 Å². The van der Waals surface area contributed by atoms with E-state index in [1.807, 2.05) is 25.1 Å². The largest absolute Gasteiger partial charge is 0.326 e. The minimum Gasteiger partial charge on any atom is -0.326 e. The van der Waals surface area contributed by atoms with Gasteiger partial charge in [-0.25, -0.2) is 0 Å². The Morgan fingerprint density at radius 2 is 1.38 bits per heavy atom. The first-order valence-electron chi connectivity index (χ1n) is 7.86. The molecule has 0 spiro atoms. The van der Waals surface area contributed by atoms with E-state index >= 15 is 0 Å². The summed E-state index contributed by atoms with van der Waals surface area (Å²) in [7, 11) is 0. The lowest BCUT2D eigenvalue weighted by Crippen LogP contribution is -2.21. The summed E-state index contributed by atoms with van der Waals surface area (Å²) >= 11 is 0. The molecule has 21 heavy (non-hydrogen) atoms. The number of benzene rings is 1. The van der Waals surface area contributed by atoms with E-state index < -0.39 is 0 Å². The molecule has 2 aliphatic rings. The fourth-order valence-electron chi connectivity index (χ4n) is 2.91. The summed E-state index contributed by atoms with van der Waals surface area (Å²) in [6, 6.07) is 5.66. The smallest absolute Gasteiger partial charge is 0.227 e. The fraction of sp³-hybridized carbons (Fsp3) is 0.529. The molecule has 4 heteroatoms. The standard InChI is InChI=1S/C17H22N2O2/c1-11-14(18-16(20)12-5-2-3-6-12)7-4-8-15(11)19-17(21)13-9-10-13/h4,7-8,12-13H,2-3,5-6,9-10H2,1H3,(H,18,20)(H,19,21). The van der Waals surface area contributed by atoms with Crippen LogP contribution >= 0.6 is 0 Å². The third-order valence-electron chi connectivity index (χ3n) is 4.52. The maximum absolute atomic E-state index is 12.2. The Kier molecular flexibility index (Phi) is 3.95.